The van der Waals surface area contributed by atoms with E-state index in [0.29, 0.717) is 29.5 Å². The number of ketones is 1. The molecular weight excluding hydrogens is 438 g/mol. The van der Waals surface area contributed by atoms with Crippen LogP contribution in [0.25, 0.3) is 0 Å². The molecule has 0 saturated carbocycles. The van der Waals surface area contributed by atoms with Gasteiger partial charge in [0.05, 0.1) is 14.2 Å². The van der Waals surface area contributed by atoms with Crippen LogP contribution in [0.15, 0.2) is 65.3 Å². The number of benzene rings is 2. The number of hydrogen-bond acceptors (Lipinski definition) is 6. The number of rotatable bonds is 9. The Morgan fingerprint density at radius 2 is 1.72 bits per heavy atom. The van der Waals surface area contributed by atoms with Crippen LogP contribution in [-0.2, 0) is 6.61 Å². The molecule has 0 bridgehead atoms. The third kappa shape index (κ3) is 5.71. The van der Waals surface area contributed by atoms with E-state index in [-0.39, 0.29) is 12.4 Å². The highest BCUT2D eigenvalue weighted by Crippen LogP contribution is 2.31. The summed E-state index contributed by atoms with van der Waals surface area (Å²) in [7, 11) is 3.15. The summed E-state index contributed by atoms with van der Waals surface area (Å²) in [6.45, 7) is 0.224. The van der Waals surface area contributed by atoms with Gasteiger partial charge in [-0.3, -0.25) is 4.79 Å². The molecule has 0 spiro atoms. The zero-order chi connectivity index (χ0) is 20.6. The Morgan fingerprint density at radius 1 is 0.931 bits per heavy atom. The number of ether oxygens (including phenoxy) is 4. The highest BCUT2D eigenvalue weighted by atomic mass is 79.9. The van der Waals surface area contributed by atoms with Crippen molar-refractivity contribution in [3.8, 4) is 23.1 Å². The first-order chi connectivity index (χ1) is 14.1. The quantitative estimate of drug-likeness (QED) is 0.433. The first-order valence-electron chi connectivity index (χ1n) is 8.80. The van der Waals surface area contributed by atoms with Crippen molar-refractivity contribution < 1.29 is 23.7 Å². The van der Waals surface area contributed by atoms with Gasteiger partial charge in [-0.1, -0.05) is 28.1 Å². The molecule has 0 saturated heterocycles. The second-order valence-electron chi connectivity index (χ2n) is 6.03. The molecule has 2 aromatic carbocycles. The summed E-state index contributed by atoms with van der Waals surface area (Å²) in [5.74, 6) is 2.06. The van der Waals surface area contributed by atoms with Crippen molar-refractivity contribution in [2.45, 2.75) is 6.61 Å². The minimum atomic E-state index is -0.193. The molecule has 1 aromatic heterocycles. The van der Waals surface area contributed by atoms with Crippen LogP contribution in [0.3, 0.4) is 0 Å². The van der Waals surface area contributed by atoms with Gasteiger partial charge in [-0.2, -0.15) is 0 Å². The van der Waals surface area contributed by atoms with Crippen molar-refractivity contribution in [2.24, 2.45) is 0 Å². The fourth-order valence-electron chi connectivity index (χ4n) is 2.49. The Kier molecular flexibility index (Phi) is 7.08. The third-order valence-corrected chi connectivity index (χ3v) is 4.58. The molecular formula is C22H20BrNO5. The zero-order valence-corrected chi connectivity index (χ0v) is 17.6. The Labute approximate surface area is 177 Å². The highest BCUT2D eigenvalue weighted by molar-refractivity contribution is 9.10. The maximum Gasteiger partial charge on any atom is 0.212 e. The van der Waals surface area contributed by atoms with Crippen molar-refractivity contribution >= 4 is 21.7 Å². The summed E-state index contributed by atoms with van der Waals surface area (Å²) < 4.78 is 22.6. The van der Waals surface area contributed by atoms with Crippen molar-refractivity contribution in [2.75, 3.05) is 20.8 Å². The number of halogens is 1. The number of Topliss-reactive ketones (excluding diaryl/α,β-unsaturated/α-hetero) is 1. The Hall–Kier alpha value is -3.06. The van der Waals surface area contributed by atoms with E-state index in [1.165, 1.54) is 13.3 Å². The van der Waals surface area contributed by atoms with E-state index in [4.69, 9.17) is 18.9 Å². The monoisotopic (exact) mass is 457 g/mol. The first-order valence-corrected chi connectivity index (χ1v) is 9.59. The summed E-state index contributed by atoms with van der Waals surface area (Å²) in [6.07, 6.45) is 1.46. The van der Waals surface area contributed by atoms with Gasteiger partial charge >= 0.3 is 0 Å². The number of methoxy groups -OCH3 is 2. The number of hydrogen-bond donors (Lipinski definition) is 0. The average molecular weight is 458 g/mol. The SMILES string of the molecule is COc1ccc(COc2ccc(Br)cc2OCC(=O)c2ccc(OC)nc2)cc1. The maximum absolute atomic E-state index is 12.4. The largest absolute Gasteiger partial charge is 0.497 e. The molecule has 0 aliphatic heterocycles. The van der Waals surface area contributed by atoms with Crippen LogP contribution in [0, 0.1) is 0 Å². The van der Waals surface area contributed by atoms with Gasteiger partial charge in [-0.05, 0) is 42.0 Å². The van der Waals surface area contributed by atoms with Gasteiger partial charge in [0.2, 0.25) is 11.7 Å². The lowest BCUT2D eigenvalue weighted by molar-refractivity contribution is 0.0918. The summed E-state index contributed by atoms with van der Waals surface area (Å²) in [6, 6.07) is 16.3. The molecule has 0 aliphatic rings. The van der Waals surface area contributed by atoms with E-state index < -0.39 is 0 Å². The van der Waals surface area contributed by atoms with Gasteiger partial charge in [0.15, 0.2) is 18.1 Å². The van der Waals surface area contributed by atoms with E-state index in [1.54, 1.807) is 31.4 Å². The van der Waals surface area contributed by atoms with Crippen LogP contribution in [-0.4, -0.2) is 31.6 Å². The number of carbonyl (C=O) groups is 1. The number of carbonyl (C=O) groups excluding carboxylic acids is 1. The lowest BCUT2D eigenvalue weighted by Crippen LogP contribution is -2.12. The minimum Gasteiger partial charge on any atom is -0.497 e. The molecule has 6 nitrogen and oxygen atoms in total. The fourth-order valence-corrected chi connectivity index (χ4v) is 2.83. The van der Waals surface area contributed by atoms with Crippen LogP contribution in [0.4, 0.5) is 0 Å². The predicted octanol–water partition coefficient (Wildman–Crippen LogP) is 4.70. The maximum atomic E-state index is 12.4. The molecule has 150 valence electrons. The molecule has 0 fully saturated rings. The Balaban J connectivity index is 1.65. The Morgan fingerprint density at radius 3 is 2.38 bits per heavy atom. The topological polar surface area (TPSA) is 66.9 Å². The second kappa shape index (κ2) is 9.93. The van der Waals surface area contributed by atoms with E-state index >= 15 is 0 Å². The number of nitrogens with zero attached hydrogens (tertiary/aromatic N) is 1. The summed E-state index contributed by atoms with van der Waals surface area (Å²) >= 11 is 3.42. The van der Waals surface area contributed by atoms with Crippen molar-refractivity contribution in [1.29, 1.82) is 0 Å². The third-order valence-electron chi connectivity index (χ3n) is 4.09. The smallest absolute Gasteiger partial charge is 0.212 e. The molecule has 3 aromatic rings. The summed E-state index contributed by atoms with van der Waals surface area (Å²) in [5, 5.41) is 0. The highest BCUT2D eigenvalue weighted by Gasteiger charge is 2.12. The lowest BCUT2D eigenvalue weighted by Gasteiger charge is -2.13. The van der Waals surface area contributed by atoms with E-state index in [9.17, 15) is 4.79 Å². The Bertz CT molecular complexity index is 958. The minimum absolute atomic E-state index is 0.136. The average Bonchev–Trinajstić information content (AvgIpc) is 2.77. The number of aromatic nitrogens is 1. The van der Waals surface area contributed by atoms with E-state index in [0.717, 1.165) is 15.8 Å². The van der Waals surface area contributed by atoms with Gasteiger partial charge in [-0.25, -0.2) is 4.98 Å². The summed E-state index contributed by atoms with van der Waals surface area (Å²) in [5.41, 5.74) is 1.43. The van der Waals surface area contributed by atoms with E-state index in [2.05, 4.69) is 20.9 Å². The lowest BCUT2D eigenvalue weighted by atomic mass is 10.2. The molecule has 0 aliphatic carbocycles. The van der Waals surface area contributed by atoms with Gasteiger partial charge in [0, 0.05) is 22.3 Å². The van der Waals surface area contributed by atoms with Gasteiger partial charge in [-0.15, -0.1) is 0 Å². The van der Waals surface area contributed by atoms with Crippen molar-refractivity contribution in [3.05, 3.63) is 76.4 Å². The van der Waals surface area contributed by atoms with E-state index in [1.807, 2.05) is 30.3 Å². The molecule has 1 heterocycles. The molecule has 0 N–H and O–H groups in total. The van der Waals surface area contributed by atoms with Crippen molar-refractivity contribution in [1.82, 2.24) is 4.98 Å². The van der Waals surface area contributed by atoms with Gasteiger partial charge in [0.25, 0.3) is 0 Å². The van der Waals surface area contributed by atoms with Crippen LogP contribution in [0.2, 0.25) is 0 Å². The van der Waals surface area contributed by atoms with Crippen LogP contribution in [0.1, 0.15) is 15.9 Å². The number of pyridine rings is 1. The molecule has 0 radical (unpaired) electrons. The molecule has 0 unspecified atom stereocenters. The van der Waals surface area contributed by atoms with Gasteiger partial charge < -0.3 is 18.9 Å². The second-order valence-corrected chi connectivity index (χ2v) is 6.94. The van der Waals surface area contributed by atoms with Crippen molar-refractivity contribution in [3.63, 3.8) is 0 Å². The van der Waals surface area contributed by atoms with Gasteiger partial charge in [0.1, 0.15) is 12.4 Å². The molecule has 3 rings (SSSR count). The standard InChI is InChI=1S/C22H20BrNO5/c1-26-18-7-3-15(4-8-18)13-28-20-9-6-17(23)11-21(20)29-14-19(25)16-5-10-22(27-2)24-12-16/h3-12H,13-14H2,1-2H3. The predicted molar refractivity (Wildman–Crippen MR) is 112 cm³/mol. The molecule has 0 atom stereocenters. The molecule has 0 amide bonds. The van der Waals surface area contributed by atoms with Crippen LogP contribution < -0.4 is 18.9 Å². The van der Waals surface area contributed by atoms with Crippen LogP contribution in [0.5, 0.6) is 23.1 Å². The zero-order valence-electron chi connectivity index (χ0n) is 16.1. The van der Waals surface area contributed by atoms with Crippen LogP contribution >= 0.6 is 15.9 Å². The first kappa shape index (κ1) is 20.7. The normalized spacial score (nSPS) is 10.3. The molecule has 7 heteroatoms. The fraction of sp³-hybridized carbons (Fsp3) is 0.182. The summed E-state index contributed by atoms with van der Waals surface area (Å²) in [4.78, 5) is 16.4. The molecule has 29 heavy (non-hydrogen) atoms.